The molecule has 1 saturated carbocycles. The number of hydrogen-bond donors (Lipinski definition) is 1. The molecule has 1 aromatic rings. The van der Waals surface area contributed by atoms with Crippen LogP contribution in [0.2, 0.25) is 0 Å². The van der Waals surface area contributed by atoms with Crippen molar-refractivity contribution in [2.45, 2.75) is 50.9 Å². The van der Waals surface area contributed by atoms with Gasteiger partial charge in [-0.25, -0.2) is 4.79 Å². The minimum atomic E-state index is -4.60. The van der Waals surface area contributed by atoms with E-state index in [1.807, 2.05) is 0 Å². The molecule has 1 spiro atoms. The molecule has 4 rings (SSSR count). The smallest absolute Gasteiger partial charge is 0.431 e. The largest absolute Gasteiger partial charge is 0.490 e. The first-order valence-electron chi connectivity index (χ1n) is 10.8. The first-order chi connectivity index (χ1) is 15.5. The van der Waals surface area contributed by atoms with Crippen LogP contribution in [0.15, 0.2) is 29.4 Å². The zero-order valence-electron chi connectivity index (χ0n) is 18.3. The number of nitrogens with zero attached hydrogens (tertiary/aromatic N) is 3. The highest BCUT2D eigenvalue weighted by atomic mass is 19.4. The molecule has 2 aliphatic heterocycles. The number of carbonyl (C=O) groups is 2. The van der Waals surface area contributed by atoms with Crippen LogP contribution in [-0.2, 0) is 9.53 Å². The Balaban J connectivity index is 1.50. The molecule has 180 valence electrons. The van der Waals surface area contributed by atoms with Gasteiger partial charge >= 0.3 is 18.2 Å². The van der Waals surface area contributed by atoms with Gasteiger partial charge in [-0.2, -0.15) is 18.3 Å². The second-order valence-corrected chi connectivity index (χ2v) is 8.92. The number of rotatable bonds is 5. The molecule has 1 aliphatic carbocycles. The monoisotopic (exact) mass is 469 g/mol. The van der Waals surface area contributed by atoms with E-state index in [4.69, 9.17) is 4.74 Å². The van der Waals surface area contributed by atoms with Gasteiger partial charge in [0, 0.05) is 30.8 Å². The van der Waals surface area contributed by atoms with Gasteiger partial charge in [0.2, 0.25) is 0 Å². The SMILES string of the molecule is COC(=O)C[C@H]1[C@H](C)C(C(F)(F)F)=NN1c1ccc(OC2CCN(C(=O)O)CC23CC3)cc1. The summed E-state index contributed by atoms with van der Waals surface area (Å²) in [5.74, 6) is -1.07. The lowest BCUT2D eigenvalue weighted by molar-refractivity contribution is -0.141. The highest BCUT2D eigenvalue weighted by Gasteiger charge is 2.55. The summed E-state index contributed by atoms with van der Waals surface area (Å²) in [6.07, 6.45) is -3.50. The highest BCUT2D eigenvalue weighted by Crippen LogP contribution is 2.53. The van der Waals surface area contributed by atoms with Crippen LogP contribution < -0.4 is 9.75 Å². The summed E-state index contributed by atoms with van der Waals surface area (Å²) in [5.41, 5.74) is -0.696. The van der Waals surface area contributed by atoms with Gasteiger partial charge < -0.3 is 19.5 Å². The highest BCUT2D eigenvalue weighted by molar-refractivity contribution is 5.96. The van der Waals surface area contributed by atoms with Crippen LogP contribution in [0.25, 0.3) is 0 Å². The van der Waals surface area contributed by atoms with Gasteiger partial charge in [-0.15, -0.1) is 0 Å². The number of piperidine rings is 1. The maximum Gasteiger partial charge on any atom is 0.431 e. The minimum absolute atomic E-state index is 0.118. The third kappa shape index (κ3) is 4.58. The summed E-state index contributed by atoms with van der Waals surface area (Å²) in [4.78, 5) is 24.5. The molecule has 3 aliphatic rings. The predicted octanol–water partition coefficient (Wildman–Crippen LogP) is 3.90. The van der Waals surface area contributed by atoms with Crippen LogP contribution in [0.5, 0.6) is 5.75 Å². The maximum absolute atomic E-state index is 13.4. The van der Waals surface area contributed by atoms with Crippen molar-refractivity contribution in [3.63, 3.8) is 0 Å². The molecule has 1 amide bonds. The predicted molar refractivity (Wildman–Crippen MR) is 112 cm³/mol. The number of methoxy groups -OCH3 is 1. The summed E-state index contributed by atoms with van der Waals surface area (Å²) in [6.45, 7) is 2.24. The van der Waals surface area contributed by atoms with Crippen molar-refractivity contribution in [2.75, 3.05) is 25.2 Å². The van der Waals surface area contributed by atoms with Crippen molar-refractivity contribution in [1.82, 2.24) is 4.90 Å². The number of carbonyl (C=O) groups excluding carboxylic acids is 1. The minimum Gasteiger partial charge on any atom is -0.490 e. The number of hydrazone groups is 1. The molecular weight excluding hydrogens is 443 g/mol. The fourth-order valence-electron chi connectivity index (χ4n) is 4.73. The fourth-order valence-corrected chi connectivity index (χ4v) is 4.73. The lowest BCUT2D eigenvalue weighted by atomic mass is 9.91. The fraction of sp³-hybridized carbons (Fsp3) is 0.591. The van der Waals surface area contributed by atoms with Crippen LogP contribution in [-0.4, -0.2) is 66.3 Å². The summed E-state index contributed by atoms with van der Waals surface area (Å²) in [7, 11) is 1.19. The lowest BCUT2D eigenvalue weighted by Crippen LogP contribution is -2.48. The van der Waals surface area contributed by atoms with Gasteiger partial charge in [-0.3, -0.25) is 9.80 Å². The molecule has 1 N–H and O–H groups in total. The van der Waals surface area contributed by atoms with E-state index in [0.717, 1.165) is 12.8 Å². The molecule has 11 heteroatoms. The van der Waals surface area contributed by atoms with Gasteiger partial charge in [-0.1, -0.05) is 6.92 Å². The molecule has 8 nitrogen and oxygen atoms in total. The summed E-state index contributed by atoms with van der Waals surface area (Å²) in [6, 6.07) is 5.73. The molecule has 2 fully saturated rings. The Hall–Kier alpha value is -2.98. The van der Waals surface area contributed by atoms with Crippen LogP contribution in [0, 0.1) is 11.3 Å². The number of esters is 1. The standard InChI is InChI=1S/C22H26F3N3O5/c1-13-16(11-18(29)32-2)28(26-19(13)22(23,24)25)14-3-5-15(6-4-14)33-17-7-10-27(20(30)31)12-21(17)8-9-21/h3-6,13,16-17H,7-12H2,1-2H3,(H,30,31)/t13-,16-,17?/m0/s1. The first-order valence-corrected chi connectivity index (χ1v) is 10.8. The summed E-state index contributed by atoms with van der Waals surface area (Å²) < 4.78 is 51.1. The van der Waals surface area contributed by atoms with Gasteiger partial charge in [0.1, 0.15) is 17.6 Å². The number of benzene rings is 1. The van der Waals surface area contributed by atoms with Crippen LogP contribution >= 0.6 is 0 Å². The Bertz CT molecular complexity index is 946. The normalized spacial score (nSPS) is 26.2. The van der Waals surface area contributed by atoms with Crippen molar-refractivity contribution in [1.29, 1.82) is 0 Å². The van der Waals surface area contributed by atoms with Gasteiger partial charge in [0.25, 0.3) is 0 Å². The van der Waals surface area contributed by atoms with E-state index >= 15 is 0 Å². The maximum atomic E-state index is 13.4. The molecule has 33 heavy (non-hydrogen) atoms. The number of alkyl halides is 3. The van der Waals surface area contributed by atoms with E-state index in [1.165, 1.54) is 23.9 Å². The Kier molecular flexibility index (Phi) is 5.92. The van der Waals surface area contributed by atoms with Crippen molar-refractivity contribution < 1.29 is 37.3 Å². The van der Waals surface area contributed by atoms with E-state index in [1.54, 1.807) is 24.3 Å². The molecule has 0 bridgehead atoms. The van der Waals surface area contributed by atoms with E-state index in [9.17, 15) is 27.9 Å². The first kappa shape index (κ1) is 23.2. The molecule has 1 unspecified atom stereocenters. The topological polar surface area (TPSA) is 91.7 Å². The Labute approximate surface area is 188 Å². The van der Waals surface area contributed by atoms with Crippen LogP contribution in [0.4, 0.5) is 23.7 Å². The van der Waals surface area contributed by atoms with E-state index in [-0.39, 0.29) is 17.9 Å². The molecule has 0 radical (unpaired) electrons. The van der Waals surface area contributed by atoms with Crippen molar-refractivity contribution in [2.24, 2.45) is 16.4 Å². The summed E-state index contributed by atoms with van der Waals surface area (Å²) in [5, 5.41) is 14.3. The lowest BCUT2D eigenvalue weighted by Gasteiger charge is -2.37. The Morgan fingerprint density at radius 2 is 1.91 bits per heavy atom. The zero-order chi connectivity index (χ0) is 24.0. The van der Waals surface area contributed by atoms with Crippen molar-refractivity contribution >= 4 is 23.5 Å². The quantitative estimate of drug-likeness (QED) is 0.658. The zero-order valence-corrected chi connectivity index (χ0v) is 18.3. The Morgan fingerprint density at radius 3 is 2.45 bits per heavy atom. The van der Waals surface area contributed by atoms with E-state index in [2.05, 4.69) is 9.84 Å². The molecule has 1 aromatic carbocycles. The van der Waals surface area contributed by atoms with Crippen molar-refractivity contribution in [3.8, 4) is 5.75 Å². The molecule has 2 heterocycles. The molecule has 0 aromatic heterocycles. The Morgan fingerprint density at radius 1 is 1.24 bits per heavy atom. The molecular formula is C22H26F3N3O5. The average molecular weight is 469 g/mol. The number of anilines is 1. The average Bonchev–Trinajstić information content (AvgIpc) is 3.45. The number of halogens is 3. The summed E-state index contributed by atoms with van der Waals surface area (Å²) >= 11 is 0. The number of ether oxygens (including phenoxy) is 2. The third-order valence-corrected chi connectivity index (χ3v) is 6.82. The number of hydrogen-bond acceptors (Lipinski definition) is 6. The molecule has 1 saturated heterocycles. The van der Waals surface area contributed by atoms with Crippen LogP contribution in [0.1, 0.15) is 32.6 Å². The van der Waals surface area contributed by atoms with Gasteiger partial charge in [-0.05, 0) is 37.1 Å². The van der Waals surface area contributed by atoms with E-state index < -0.39 is 35.9 Å². The van der Waals surface area contributed by atoms with Crippen molar-refractivity contribution in [3.05, 3.63) is 24.3 Å². The molecule has 3 atom stereocenters. The number of likely N-dealkylation sites (tertiary alicyclic amines) is 1. The third-order valence-electron chi connectivity index (χ3n) is 6.82. The second kappa shape index (κ2) is 8.42. The number of amides is 1. The number of carboxylic acid groups (broad SMARTS) is 1. The van der Waals surface area contributed by atoms with Crippen LogP contribution in [0.3, 0.4) is 0 Å². The second-order valence-electron chi connectivity index (χ2n) is 8.92. The van der Waals surface area contributed by atoms with E-state index in [0.29, 0.717) is 30.9 Å². The van der Waals surface area contributed by atoms with Gasteiger partial charge in [0.05, 0.1) is 25.3 Å². The van der Waals surface area contributed by atoms with Gasteiger partial charge in [0.15, 0.2) is 0 Å².